The predicted octanol–water partition coefficient (Wildman–Crippen LogP) is 5.20. The molecule has 0 amide bonds. The molecule has 2 N–H and O–H groups in total. The van der Waals surface area contributed by atoms with Crippen LogP contribution in [-0.2, 0) is 10.9 Å². The molecule has 1 saturated heterocycles. The van der Waals surface area contributed by atoms with E-state index < -0.39 is 17.9 Å². The Morgan fingerprint density at radius 3 is 2.52 bits per heavy atom. The molecule has 0 radical (unpaired) electrons. The highest BCUT2D eigenvalue weighted by Crippen LogP contribution is 2.36. The van der Waals surface area contributed by atoms with Crippen LogP contribution >= 0.6 is 0 Å². The third-order valence-electron chi connectivity index (χ3n) is 6.55. The second-order valence-corrected chi connectivity index (χ2v) is 9.19. The molecule has 12 heteroatoms. The number of anilines is 3. The van der Waals surface area contributed by atoms with Gasteiger partial charge in [0.15, 0.2) is 11.9 Å². The molecule has 2 aromatic heterocycles. The minimum atomic E-state index is -4.55. The number of halogens is 3. The van der Waals surface area contributed by atoms with Crippen molar-refractivity contribution in [3.63, 3.8) is 0 Å². The van der Waals surface area contributed by atoms with Crippen molar-refractivity contribution in [2.75, 3.05) is 41.8 Å². The highest BCUT2D eigenvalue weighted by atomic mass is 19.4. The van der Waals surface area contributed by atoms with Gasteiger partial charge < -0.3 is 24.7 Å². The Bertz CT molecular complexity index is 1560. The standard InChI is InChI=1S/C28H24F3N7O2/c1-17-25(34-23(18-7-3-2-4-8-18)20-9-5-6-10-21(20)33-17)35-27-37-36-26(40-27)24-22(38-11-13-39-14-12-38)15-19(16-32-24)28(29,30)31/h2-10,15-16,25,33H,1,11-14H2,(H,35,37)/t25-/m1/s1. The van der Waals surface area contributed by atoms with E-state index in [2.05, 4.69) is 32.4 Å². The molecule has 2 aromatic carbocycles. The quantitative estimate of drug-likeness (QED) is 0.352. The number of aliphatic imine (C=N–C) groups is 1. The number of hydrogen-bond donors (Lipinski definition) is 2. The van der Waals surface area contributed by atoms with Gasteiger partial charge in [-0.2, -0.15) is 13.2 Å². The van der Waals surface area contributed by atoms with Crippen LogP contribution in [0.3, 0.4) is 0 Å². The zero-order chi connectivity index (χ0) is 27.7. The van der Waals surface area contributed by atoms with Crippen LogP contribution in [0.25, 0.3) is 11.6 Å². The second-order valence-electron chi connectivity index (χ2n) is 9.19. The molecule has 2 aliphatic rings. The lowest BCUT2D eigenvalue weighted by Gasteiger charge is -2.30. The van der Waals surface area contributed by atoms with Crippen LogP contribution in [0.4, 0.5) is 30.6 Å². The number of aromatic nitrogens is 3. The summed E-state index contributed by atoms with van der Waals surface area (Å²) < 4.78 is 51.7. The fourth-order valence-electron chi connectivity index (χ4n) is 4.57. The lowest BCUT2D eigenvalue weighted by Crippen LogP contribution is -2.36. The topological polar surface area (TPSA) is 101 Å². The molecule has 0 saturated carbocycles. The van der Waals surface area contributed by atoms with E-state index in [0.29, 0.717) is 32.0 Å². The summed E-state index contributed by atoms with van der Waals surface area (Å²) >= 11 is 0. The number of fused-ring (bicyclic) bond motifs is 1. The fraction of sp³-hybridized carbons (Fsp3) is 0.214. The van der Waals surface area contributed by atoms with E-state index in [1.807, 2.05) is 54.6 Å². The molecule has 4 heterocycles. The van der Waals surface area contributed by atoms with Crippen LogP contribution in [0.5, 0.6) is 0 Å². The summed E-state index contributed by atoms with van der Waals surface area (Å²) in [6.45, 7) is 5.71. The van der Waals surface area contributed by atoms with Gasteiger partial charge in [0.25, 0.3) is 5.89 Å². The van der Waals surface area contributed by atoms with Gasteiger partial charge in [-0.1, -0.05) is 60.2 Å². The Balaban J connectivity index is 1.34. The second kappa shape index (κ2) is 10.5. The number of alkyl halides is 3. The minimum Gasteiger partial charge on any atom is -0.402 e. The SMILES string of the molecule is C=C1Nc2ccccc2C(c2ccccc2)=N[C@@H]1Nc1nnc(-c2ncc(C(F)(F)F)cc2N2CCOCC2)o1. The Labute approximate surface area is 227 Å². The lowest BCUT2D eigenvalue weighted by atomic mass is 10.0. The van der Waals surface area contributed by atoms with Crippen molar-refractivity contribution >= 4 is 23.1 Å². The third-order valence-corrected chi connectivity index (χ3v) is 6.55. The van der Waals surface area contributed by atoms with Crippen molar-refractivity contribution in [2.45, 2.75) is 12.3 Å². The molecular weight excluding hydrogens is 523 g/mol. The molecule has 1 fully saturated rings. The van der Waals surface area contributed by atoms with Gasteiger partial charge in [-0.15, -0.1) is 5.10 Å². The molecule has 40 heavy (non-hydrogen) atoms. The van der Waals surface area contributed by atoms with Crippen LogP contribution in [0.15, 0.2) is 88.5 Å². The van der Waals surface area contributed by atoms with E-state index in [0.717, 1.165) is 34.8 Å². The van der Waals surface area contributed by atoms with Crippen LogP contribution < -0.4 is 15.5 Å². The maximum absolute atomic E-state index is 13.5. The summed E-state index contributed by atoms with van der Waals surface area (Å²) in [5.41, 5.74) is 3.46. The average Bonchev–Trinajstić information content (AvgIpc) is 3.38. The summed E-state index contributed by atoms with van der Waals surface area (Å²) in [6, 6.07) is 18.6. The van der Waals surface area contributed by atoms with E-state index in [1.54, 1.807) is 4.90 Å². The first-order valence-corrected chi connectivity index (χ1v) is 12.6. The van der Waals surface area contributed by atoms with Crippen LogP contribution in [0.2, 0.25) is 0 Å². The number of ether oxygens (including phenoxy) is 1. The zero-order valence-electron chi connectivity index (χ0n) is 21.2. The van der Waals surface area contributed by atoms with Gasteiger partial charge in [0.2, 0.25) is 0 Å². The van der Waals surface area contributed by atoms with Gasteiger partial charge in [0.05, 0.1) is 35.9 Å². The van der Waals surface area contributed by atoms with Crippen molar-refractivity contribution in [1.29, 1.82) is 0 Å². The Morgan fingerprint density at radius 1 is 1.00 bits per heavy atom. The van der Waals surface area contributed by atoms with Crippen molar-refractivity contribution in [1.82, 2.24) is 15.2 Å². The summed E-state index contributed by atoms with van der Waals surface area (Å²) in [4.78, 5) is 10.8. The van der Waals surface area contributed by atoms with Crippen LogP contribution in [0, 0.1) is 0 Å². The zero-order valence-corrected chi connectivity index (χ0v) is 21.2. The molecule has 4 aromatic rings. The molecule has 9 nitrogen and oxygen atoms in total. The summed E-state index contributed by atoms with van der Waals surface area (Å²) in [5.74, 6) is -0.0274. The number of rotatable bonds is 5. The van der Waals surface area contributed by atoms with E-state index in [9.17, 15) is 13.2 Å². The molecule has 204 valence electrons. The Morgan fingerprint density at radius 2 is 1.75 bits per heavy atom. The Hall–Kier alpha value is -4.71. The molecule has 0 bridgehead atoms. The summed E-state index contributed by atoms with van der Waals surface area (Å²) in [6.07, 6.45) is -4.48. The molecule has 0 aliphatic carbocycles. The van der Waals surface area contributed by atoms with Crippen LogP contribution in [0.1, 0.15) is 16.7 Å². The largest absolute Gasteiger partial charge is 0.417 e. The number of hydrogen-bond acceptors (Lipinski definition) is 9. The molecule has 6 rings (SSSR count). The number of nitrogens with one attached hydrogen (secondary N) is 2. The predicted molar refractivity (Wildman–Crippen MR) is 144 cm³/mol. The minimum absolute atomic E-state index is 0.0136. The van der Waals surface area contributed by atoms with Gasteiger partial charge in [-0.25, -0.2) is 4.98 Å². The van der Waals surface area contributed by atoms with Gasteiger partial charge in [0.1, 0.15) is 0 Å². The van der Waals surface area contributed by atoms with Crippen molar-refractivity contribution in [3.05, 3.63) is 95.8 Å². The number of benzodiazepines with no additional fused rings is 1. The highest BCUT2D eigenvalue weighted by molar-refractivity contribution is 6.16. The Kier molecular flexibility index (Phi) is 6.68. The van der Waals surface area contributed by atoms with E-state index in [4.69, 9.17) is 14.1 Å². The fourth-order valence-corrected chi connectivity index (χ4v) is 4.57. The summed E-state index contributed by atoms with van der Waals surface area (Å²) in [7, 11) is 0. The van der Waals surface area contributed by atoms with E-state index in [-0.39, 0.29) is 23.3 Å². The average molecular weight is 548 g/mol. The van der Waals surface area contributed by atoms with E-state index >= 15 is 0 Å². The van der Waals surface area contributed by atoms with Crippen molar-refractivity contribution in [3.8, 4) is 11.6 Å². The highest BCUT2D eigenvalue weighted by Gasteiger charge is 2.33. The maximum Gasteiger partial charge on any atom is 0.417 e. The van der Waals surface area contributed by atoms with Gasteiger partial charge in [-0.05, 0) is 12.1 Å². The number of morpholine rings is 1. The molecule has 0 spiro atoms. The first kappa shape index (κ1) is 25.6. The first-order chi connectivity index (χ1) is 19.4. The number of pyridine rings is 1. The lowest BCUT2D eigenvalue weighted by molar-refractivity contribution is -0.137. The first-order valence-electron chi connectivity index (χ1n) is 12.6. The van der Waals surface area contributed by atoms with Crippen molar-refractivity contribution in [2.24, 2.45) is 4.99 Å². The molecule has 0 unspecified atom stereocenters. The maximum atomic E-state index is 13.5. The molecule has 2 aliphatic heterocycles. The molecular formula is C28H24F3N7O2. The van der Waals surface area contributed by atoms with E-state index in [1.165, 1.54) is 0 Å². The van der Waals surface area contributed by atoms with Crippen molar-refractivity contribution < 1.29 is 22.3 Å². The molecule has 1 atom stereocenters. The van der Waals surface area contributed by atoms with Crippen LogP contribution in [-0.4, -0.2) is 53.4 Å². The smallest absolute Gasteiger partial charge is 0.402 e. The summed E-state index contributed by atoms with van der Waals surface area (Å²) in [5, 5.41) is 14.6. The monoisotopic (exact) mass is 547 g/mol. The third kappa shape index (κ3) is 5.13. The number of benzene rings is 2. The van der Waals surface area contributed by atoms with Gasteiger partial charge >= 0.3 is 12.2 Å². The number of para-hydroxylation sites is 1. The normalized spacial score (nSPS) is 17.5. The van der Waals surface area contributed by atoms with Gasteiger partial charge in [0, 0.05) is 36.1 Å². The number of nitrogens with zero attached hydrogens (tertiary/aromatic N) is 5. The van der Waals surface area contributed by atoms with Gasteiger partial charge in [-0.3, -0.25) is 4.99 Å².